The van der Waals surface area contributed by atoms with Crippen LogP contribution in [-0.2, 0) is 4.74 Å². The molecule has 3 rings (SSSR count). The molecule has 1 N–H and O–H groups in total. The highest BCUT2D eigenvalue weighted by Crippen LogP contribution is 2.31. The molecule has 0 aliphatic carbocycles. The van der Waals surface area contributed by atoms with Crippen molar-refractivity contribution in [1.29, 1.82) is 0 Å². The van der Waals surface area contributed by atoms with E-state index in [4.69, 9.17) is 14.2 Å². The van der Waals surface area contributed by atoms with E-state index in [1.165, 1.54) is 0 Å². The second kappa shape index (κ2) is 5.19. The first-order chi connectivity index (χ1) is 9.28. The maximum atomic E-state index is 12.4. The van der Waals surface area contributed by atoms with Gasteiger partial charge in [-0.2, -0.15) is 0 Å². The number of ether oxygens (including phenoxy) is 3. The molecule has 2 aliphatic heterocycles. The molecule has 2 aliphatic rings. The quantitative estimate of drug-likeness (QED) is 0.825. The molecule has 0 radical (unpaired) electrons. The molecule has 0 saturated carbocycles. The third-order valence-corrected chi connectivity index (χ3v) is 3.57. The van der Waals surface area contributed by atoms with Crippen LogP contribution in [-0.4, -0.2) is 44.8 Å². The molecule has 1 saturated heterocycles. The Balaban J connectivity index is 1.77. The van der Waals surface area contributed by atoms with Crippen molar-refractivity contribution in [1.82, 2.24) is 5.32 Å². The lowest BCUT2D eigenvalue weighted by atomic mass is 10.0. The second-order valence-electron chi connectivity index (χ2n) is 4.78. The maximum absolute atomic E-state index is 12.4. The molecule has 5 nitrogen and oxygen atoms in total. The van der Waals surface area contributed by atoms with Gasteiger partial charge in [-0.1, -0.05) is 0 Å². The number of nitrogens with one attached hydrogen (secondary N) is 1. The zero-order valence-electron chi connectivity index (χ0n) is 10.8. The van der Waals surface area contributed by atoms with E-state index in [1.54, 1.807) is 25.3 Å². The predicted molar refractivity (Wildman–Crippen MR) is 69.0 cm³/mol. The highest BCUT2D eigenvalue weighted by Gasteiger charge is 2.30. The van der Waals surface area contributed by atoms with E-state index in [9.17, 15) is 4.79 Å². The van der Waals surface area contributed by atoms with E-state index < -0.39 is 0 Å². The number of carbonyl (C=O) groups is 1. The monoisotopic (exact) mass is 263 g/mol. The summed E-state index contributed by atoms with van der Waals surface area (Å²) in [6, 6.07) is 5.17. The highest BCUT2D eigenvalue weighted by atomic mass is 16.6. The summed E-state index contributed by atoms with van der Waals surface area (Å²) in [5, 5.41) is 3.19. The molecule has 1 aromatic carbocycles. The Morgan fingerprint density at radius 1 is 1.32 bits per heavy atom. The minimum absolute atomic E-state index is 0.0801. The van der Waals surface area contributed by atoms with Crippen LogP contribution in [0.25, 0.3) is 0 Å². The van der Waals surface area contributed by atoms with Crippen LogP contribution < -0.4 is 14.8 Å². The van der Waals surface area contributed by atoms with E-state index in [0.29, 0.717) is 36.7 Å². The van der Waals surface area contributed by atoms with Crippen LogP contribution in [0.15, 0.2) is 18.2 Å². The Kier molecular flexibility index (Phi) is 3.40. The van der Waals surface area contributed by atoms with Crippen LogP contribution in [0.1, 0.15) is 16.8 Å². The van der Waals surface area contributed by atoms with Crippen LogP contribution >= 0.6 is 0 Å². The lowest BCUT2D eigenvalue weighted by Gasteiger charge is -2.19. The molecule has 0 aromatic heterocycles. The number of hydrogen-bond acceptors (Lipinski definition) is 5. The number of benzene rings is 1. The summed E-state index contributed by atoms with van der Waals surface area (Å²) < 4.78 is 16.2. The molecular formula is C14H17NO4. The van der Waals surface area contributed by atoms with Crippen LogP contribution in [0, 0.1) is 0 Å². The summed E-state index contributed by atoms with van der Waals surface area (Å²) in [6.07, 6.45) is 0.829. The smallest absolute Gasteiger partial charge is 0.179 e. The van der Waals surface area contributed by atoms with E-state index >= 15 is 0 Å². The van der Waals surface area contributed by atoms with Gasteiger partial charge in [0.1, 0.15) is 13.2 Å². The van der Waals surface area contributed by atoms with Gasteiger partial charge in [0.05, 0.1) is 12.1 Å². The van der Waals surface area contributed by atoms with Gasteiger partial charge in [-0.3, -0.25) is 4.79 Å². The molecule has 1 aromatic rings. The van der Waals surface area contributed by atoms with Crippen molar-refractivity contribution in [2.24, 2.45) is 0 Å². The second-order valence-corrected chi connectivity index (χ2v) is 4.78. The van der Waals surface area contributed by atoms with Gasteiger partial charge in [0, 0.05) is 19.2 Å². The average Bonchev–Trinajstić information content (AvgIpc) is 2.95. The van der Waals surface area contributed by atoms with Crippen molar-refractivity contribution in [2.75, 3.05) is 26.9 Å². The van der Waals surface area contributed by atoms with Gasteiger partial charge in [-0.15, -0.1) is 0 Å². The van der Waals surface area contributed by atoms with Crippen molar-refractivity contribution in [3.8, 4) is 11.5 Å². The number of carbonyl (C=O) groups excluding carboxylic acids is 1. The summed E-state index contributed by atoms with van der Waals surface area (Å²) in [5.74, 6) is 1.44. The Hall–Kier alpha value is -1.59. The van der Waals surface area contributed by atoms with Gasteiger partial charge in [-0.25, -0.2) is 0 Å². The van der Waals surface area contributed by atoms with E-state index in [2.05, 4.69) is 5.32 Å². The minimum Gasteiger partial charge on any atom is -0.486 e. The van der Waals surface area contributed by atoms with Gasteiger partial charge in [0.2, 0.25) is 0 Å². The Morgan fingerprint density at radius 3 is 2.84 bits per heavy atom. The van der Waals surface area contributed by atoms with Crippen molar-refractivity contribution in [2.45, 2.75) is 18.6 Å². The molecule has 0 spiro atoms. The van der Waals surface area contributed by atoms with Gasteiger partial charge in [0.25, 0.3) is 0 Å². The molecule has 19 heavy (non-hydrogen) atoms. The number of ketones is 1. The topological polar surface area (TPSA) is 56.8 Å². The zero-order chi connectivity index (χ0) is 13.2. The van der Waals surface area contributed by atoms with Crippen molar-refractivity contribution in [3.05, 3.63) is 23.8 Å². The largest absolute Gasteiger partial charge is 0.486 e. The lowest BCUT2D eigenvalue weighted by molar-refractivity contribution is 0.0917. The Morgan fingerprint density at radius 2 is 2.11 bits per heavy atom. The minimum atomic E-state index is -0.174. The number of methoxy groups -OCH3 is 1. The molecule has 5 heteroatoms. The first-order valence-electron chi connectivity index (χ1n) is 6.48. The van der Waals surface area contributed by atoms with Crippen LogP contribution in [0.4, 0.5) is 0 Å². The van der Waals surface area contributed by atoms with Crippen LogP contribution in [0.5, 0.6) is 11.5 Å². The molecule has 2 heterocycles. The third kappa shape index (κ3) is 2.43. The number of rotatable bonds is 3. The first-order valence-corrected chi connectivity index (χ1v) is 6.48. The fraction of sp³-hybridized carbons (Fsp3) is 0.500. The first kappa shape index (κ1) is 12.4. The fourth-order valence-electron chi connectivity index (χ4n) is 2.48. The Bertz CT molecular complexity index is 488. The molecule has 0 amide bonds. The summed E-state index contributed by atoms with van der Waals surface area (Å²) in [7, 11) is 1.67. The third-order valence-electron chi connectivity index (χ3n) is 3.57. The molecule has 2 unspecified atom stereocenters. The standard InChI is InChI=1S/C14H17NO4/c1-17-10-7-11(15-8-10)14(16)9-2-3-12-13(6-9)19-5-4-18-12/h2-3,6,10-11,15H,4-5,7-8H2,1H3. The molecule has 0 bridgehead atoms. The van der Waals surface area contributed by atoms with E-state index in [0.717, 1.165) is 6.54 Å². The van der Waals surface area contributed by atoms with Crippen LogP contribution in [0.3, 0.4) is 0 Å². The molecule has 2 atom stereocenters. The van der Waals surface area contributed by atoms with Crippen LogP contribution in [0.2, 0.25) is 0 Å². The molecule has 102 valence electrons. The van der Waals surface area contributed by atoms with E-state index in [1.807, 2.05) is 0 Å². The van der Waals surface area contributed by atoms with Crippen molar-refractivity contribution >= 4 is 5.78 Å². The number of hydrogen-bond donors (Lipinski definition) is 1. The highest BCUT2D eigenvalue weighted by molar-refractivity contribution is 6.00. The predicted octanol–water partition coefficient (Wildman–Crippen LogP) is 1.02. The van der Waals surface area contributed by atoms with Gasteiger partial charge >= 0.3 is 0 Å². The Labute approximate surface area is 111 Å². The number of Topliss-reactive ketones (excluding diaryl/α,β-unsaturated/α-hetero) is 1. The summed E-state index contributed by atoms with van der Waals surface area (Å²) >= 11 is 0. The van der Waals surface area contributed by atoms with Crippen molar-refractivity contribution < 1.29 is 19.0 Å². The SMILES string of the molecule is COC1CNC(C(=O)c2ccc3c(c2)OCCO3)C1. The lowest BCUT2D eigenvalue weighted by Crippen LogP contribution is -2.30. The van der Waals surface area contributed by atoms with Gasteiger partial charge in [0.15, 0.2) is 17.3 Å². The normalized spacial score (nSPS) is 25.3. The average molecular weight is 263 g/mol. The maximum Gasteiger partial charge on any atom is 0.179 e. The summed E-state index contributed by atoms with van der Waals surface area (Å²) in [5.41, 5.74) is 0.651. The molecular weight excluding hydrogens is 246 g/mol. The fourth-order valence-corrected chi connectivity index (χ4v) is 2.48. The van der Waals surface area contributed by atoms with Gasteiger partial charge < -0.3 is 19.5 Å². The zero-order valence-corrected chi connectivity index (χ0v) is 10.8. The van der Waals surface area contributed by atoms with E-state index in [-0.39, 0.29) is 17.9 Å². The van der Waals surface area contributed by atoms with Crippen molar-refractivity contribution in [3.63, 3.8) is 0 Å². The molecule has 1 fully saturated rings. The summed E-state index contributed by atoms with van der Waals surface area (Å²) in [6.45, 7) is 1.80. The number of fused-ring (bicyclic) bond motifs is 1. The van der Waals surface area contributed by atoms with Gasteiger partial charge in [-0.05, 0) is 24.6 Å². The summed E-state index contributed by atoms with van der Waals surface area (Å²) in [4.78, 5) is 12.4.